The normalized spacial score (nSPS) is 10.1. The van der Waals surface area contributed by atoms with E-state index < -0.39 is 0 Å². The van der Waals surface area contributed by atoms with Crippen LogP contribution < -0.4 is 15.2 Å². The Morgan fingerprint density at radius 2 is 1.67 bits per heavy atom. The van der Waals surface area contributed by atoms with Gasteiger partial charge in [0.1, 0.15) is 11.5 Å². The maximum Gasteiger partial charge on any atom is 0.125 e. The molecule has 0 saturated carbocycles. The molecule has 0 radical (unpaired) electrons. The largest absolute Gasteiger partial charge is 0.496 e. The van der Waals surface area contributed by atoms with Gasteiger partial charge < -0.3 is 15.2 Å². The average molecular weight is 209 g/mol. The molecule has 1 aromatic rings. The van der Waals surface area contributed by atoms with Crippen molar-refractivity contribution < 1.29 is 9.47 Å². The van der Waals surface area contributed by atoms with E-state index in [0.29, 0.717) is 6.54 Å². The summed E-state index contributed by atoms with van der Waals surface area (Å²) in [6, 6.07) is 4.10. The fourth-order valence-corrected chi connectivity index (χ4v) is 1.59. The number of nitrogens with two attached hydrogens (primary N) is 1. The summed E-state index contributed by atoms with van der Waals surface area (Å²) in [5.41, 5.74) is 7.73. The van der Waals surface area contributed by atoms with Gasteiger partial charge in [-0.15, -0.1) is 0 Å². The van der Waals surface area contributed by atoms with Crippen molar-refractivity contribution in [2.24, 2.45) is 5.73 Å². The second-order valence-corrected chi connectivity index (χ2v) is 3.52. The number of ether oxygens (including phenoxy) is 2. The predicted octanol–water partition coefficient (Wildman–Crippen LogP) is 1.90. The van der Waals surface area contributed by atoms with E-state index in [1.807, 2.05) is 19.1 Å². The van der Waals surface area contributed by atoms with Crippen LogP contribution in [0.1, 0.15) is 17.5 Å². The van der Waals surface area contributed by atoms with Gasteiger partial charge in [0.05, 0.1) is 14.2 Å². The van der Waals surface area contributed by atoms with Crippen molar-refractivity contribution >= 4 is 0 Å². The molecule has 0 atom stereocenters. The molecule has 0 aliphatic heterocycles. The molecule has 15 heavy (non-hydrogen) atoms. The first-order valence-corrected chi connectivity index (χ1v) is 5.14. The molecule has 0 saturated heterocycles. The van der Waals surface area contributed by atoms with Crippen LogP contribution in [0.2, 0.25) is 0 Å². The van der Waals surface area contributed by atoms with E-state index in [1.165, 1.54) is 5.56 Å². The van der Waals surface area contributed by atoms with Crippen LogP contribution in [0, 0.1) is 6.92 Å². The predicted molar refractivity (Wildman–Crippen MR) is 61.7 cm³/mol. The zero-order valence-electron chi connectivity index (χ0n) is 9.67. The van der Waals surface area contributed by atoms with Crippen molar-refractivity contribution in [3.8, 4) is 11.5 Å². The molecule has 0 fully saturated rings. The van der Waals surface area contributed by atoms with Crippen molar-refractivity contribution in [3.05, 3.63) is 23.3 Å². The number of aryl methyl sites for hydroxylation is 1. The summed E-state index contributed by atoms with van der Waals surface area (Å²) in [6.07, 6.45) is 1.94. The lowest BCUT2D eigenvalue weighted by Gasteiger charge is -2.12. The number of benzene rings is 1. The lowest BCUT2D eigenvalue weighted by atomic mass is 10.1. The molecule has 2 N–H and O–H groups in total. The first kappa shape index (κ1) is 11.9. The van der Waals surface area contributed by atoms with Crippen LogP contribution in [-0.4, -0.2) is 20.8 Å². The standard InChI is InChI=1S/C12H19NO2/c1-9-11(14-2)7-10(5-4-6-13)8-12(9)15-3/h7-8H,4-6,13H2,1-3H3. The van der Waals surface area contributed by atoms with Crippen molar-refractivity contribution in [2.75, 3.05) is 20.8 Å². The second-order valence-electron chi connectivity index (χ2n) is 3.52. The Kier molecular flexibility index (Phi) is 4.43. The molecule has 0 amide bonds. The molecular formula is C12H19NO2. The lowest BCUT2D eigenvalue weighted by molar-refractivity contribution is 0.388. The molecule has 0 bridgehead atoms. The fourth-order valence-electron chi connectivity index (χ4n) is 1.59. The topological polar surface area (TPSA) is 44.5 Å². The molecule has 0 spiro atoms. The third-order valence-corrected chi connectivity index (χ3v) is 2.48. The van der Waals surface area contributed by atoms with Crippen LogP contribution in [0.4, 0.5) is 0 Å². The first-order chi connectivity index (χ1) is 7.22. The minimum Gasteiger partial charge on any atom is -0.496 e. The van der Waals surface area contributed by atoms with E-state index in [4.69, 9.17) is 15.2 Å². The van der Waals surface area contributed by atoms with Gasteiger partial charge in [-0.3, -0.25) is 0 Å². The van der Waals surface area contributed by atoms with E-state index in [2.05, 4.69) is 0 Å². The van der Waals surface area contributed by atoms with Crippen LogP contribution >= 0.6 is 0 Å². The maximum atomic E-state index is 5.48. The Morgan fingerprint density at radius 3 is 2.07 bits per heavy atom. The van der Waals surface area contributed by atoms with Crippen molar-refractivity contribution in [2.45, 2.75) is 19.8 Å². The Morgan fingerprint density at radius 1 is 1.13 bits per heavy atom. The van der Waals surface area contributed by atoms with Crippen molar-refractivity contribution in [3.63, 3.8) is 0 Å². The smallest absolute Gasteiger partial charge is 0.125 e. The van der Waals surface area contributed by atoms with Gasteiger partial charge in [-0.2, -0.15) is 0 Å². The number of hydrogen-bond acceptors (Lipinski definition) is 3. The number of methoxy groups -OCH3 is 2. The van der Waals surface area contributed by atoms with Gasteiger partial charge in [-0.05, 0) is 44.0 Å². The quantitative estimate of drug-likeness (QED) is 0.805. The van der Waals surface area contributed by atoms with Crippen LogP contribution in [0.5, 0.6) is 11.5 Å². The highest BCUT2D eigenvalue weighted by Crippen LogP contribution is 2.29. The molecule has 1 rings (SSSR count). The maximum absolute atomic E-state index is 5.48. The van der Waals surface area contributed by atoms with E-state index in [-0.39, 0.29) is 0 Å². The highest BCUT2D eigenvalue weighted by atomic mass is 16.5. The van der Waals surface area contributed by atoms with Gasteiger partial charge in [0.25, 0.3) is 0 Å². The third-order valence-electron chi connectivity index (χ3n) is 2.48. The van der Waals surface area contributed by atoms with Gasteiger partial charge in [-0.25, -0.2) is 0 Å². The monoisotopic (exact) mass is 209 g/mol. The van der Waals surface area contributed by atoms with Gasteiger partial charge >= 0.3 is 0 Å². The van der Waals surface area contributed by atoms with Crippen LogP contribution in [-0.2, 0) is 6.42 Å². The summed E-state index contributed by atoms with van der Waals surface area (Å²) >= 11 is 0. The van der Waals surface area contributed by atoms with Gasteiger partial charge in [-0.1, -0.05) is 0 Å². The number of hydrogen-bond donors (Lipinski definition) is 1. The summed E-state index contributed by atoms with van der Waals surface area (Å²) in [7, 11) is 3.35. The van der Waals surface area contributed by atoms with Gasteiger partial charge in [0.2, 0.25) is 0 Å². The van der Waals surface area contributed by atoms with Crippen molar-refractivity contribution in [1.29, 1.82) is 0 Å². The molecule has 1 aromatic carbocycles. The average Bonchev–Trinajstić information content (AvgIpc) is 2.27. The molecule has 0 aliphatic rings. The molecule has 0 unspecified atom stereocenters. The van der Waals surface area contributed by atoms with Crippen LogP contribution in [0.25, 0.3) is 0 Å². The molecule has 0 heterocycles. The highest BCUT2D eigenvalue weighted by Gasteiger charge is 2.07. The zero-order chi connectivity index (χ0) is 11.3. The Balaban J connectivity index is 2.98. The van der Waals surface area contributed by atoms with Crippen LogP contribution in [0.3, 0.4) is 0 Å². The zero-order valence-corrected chi connectivity index (χ0v) is 9.67. The van der Waals surface area contributed by atoms with Gasteiger partial charge in [0, 0.05) is 5.56 Å². The van der Waals surface area contributed by atoms with E-state index >= 15 is 0 Å². The molecular weight excluding hydrogens is 190 g/mol. The third kappa shape index (κ3) is 2.86. The Hall–Kier alpha value is -1.22. The van der Waals surface area contributed by atoms with Gasteiger partial charge in [0.15, 0.2) is 0 Å². The SMILES string of the molecule is COc1cc(CCCN)cc(OC)c1C. The molecule has 84 valence electrons. The summed E-state index contributed by atoms with van der Waals surface area (Å²) in [4.78, 5) is 0. The first-order valence-electron chi connectivity index (χ1n) is 5.14. The second kappa shape index (κ2) is 5.61. The number of rotatable bonds is 5. The highest BCUT2D eigenvalue weighted by molar-refractivity contribution is 5.47. The molecule has 0 aliphatic carbocycles. The Bertz CT molecular complexity index is 298. The minimum absolute atomic E-state index is 0.707. The summed E-state index contributed by atoms with van der Waals surface area (Å²) in [5.74, 6) is 1.75. The molecule has 3 heteroatoms. The molecule has 0 aromatic heterocycles. The Labute approximate surface area is 91.2 Å². The lowest BCUT2D eigenvalue weighted by Crippen LogP contribution is -2.01. The van der Waals surface area contributed by atoms with E-state index in [9.17, 15) is 0 Å². The van der Waals surface area contributed by atoms with E-state index in [0.717, 1.165) is 29.9 Å². The fraction of sp³-hybridized carbons (Fsp3) is 0.500. The van der Waals surface area contributed by atoms with Crippen LogP contribution in [0.15, 0.2) is 12.1 Å². The minimum atomic E-state index is 0.707. The van der Waals surface area contributed by atoms with Crippen molar-refractivity contribution in [1.82, 2.24) is 0 Å². The summed E-state index contributed by atoms with van der Waals surface area (Å²) < 4.78 is 10.6. The summed E-state index contributed by atoms with van der Waals surface area (Å²) in [5, 5.41) is 0. The van der Waals surface area contributed by atoms with E-state index in [1.54, 1.807) is 14.2 Å². The summed E-state index contributed by atoms with van der Waals surface area (Å²) in [6.45, 7) is 2.70. The molecule has 3 nitrogen and oxygen atoms in total.